The van der Waals surface area contributed by atoms with E-state index in [0.717, 1.165) is 4.88 Å². The first-order valence-electron chi connectivity index (χ1n) is 6.97. The summed E-state index contributed by atoms with van der Waals surface area (Å²) in [5.74, 6) is -0.0711. The Morgan fingerprint density at radius 2 is 1.92 bits per heavy atom. The average molecular weight is 432 g/mol. The molecule has 130 valence electrons. The number of hydrogen-bond acceptors (Lipinski definition) is 5. The molecule has 0 atom stereocenters. The first-order valence-corrected chi connectivity index (χ1v) is 11.0. The molecule has 0 radical (unpaired) electrons. The van der Waals surface area contributed by atoms with Gasteiger partial charge in [-0.25, -0.2) is 13.1 Å². The van der Waals surface area contributed by atoms with E-state index in [1.807, 2.05) is 5.38 Å². The predicted octanol–water partition coefficient (Wildman–Crippen LogP) is 4.83. The number of sulfonamides is 1. The number of thiophene rings is 2. The lowest BCUT2D eigenvalue weighted by Gasteiger charge is -2.07. The molecule has 25 heavy (non-hydrogen) atoms. The summed E-state index contributed by atoms with van der Waals surface area (Å²) in [5.41, 5.74) is 0.629. The van der Waals surface area contributed by atoms with Crippen LogP contribution in [0, 0.1) is 0 Å². The van der Waals surface area contributed by atoms with Gasteiger partial charge in [-0.15, -0.1) is 11.3 Å². The van der Waals surface area contributed by atoms with Gasteiger partial charge in [0.1, 0.15) is 4.90 Å². The van der Waals surface area contributed by atoms with Crippen LogP contribution >= 0.6 is 45.9 Å². The molecule has 0 saturated carbocycles. The first kappa shape index (κ1) is 18.6. The zero-order valence-electron chi connectivity index (χ0n) is 12.5. The molecule has 0 bridgehead atoms. The Morgan fingerprint density at radius 3 is 2.64 bits per heavy atom. The van der Waals surface area contributed by atoms with Crippen LogP contribution in [0.4, 0.5) is 0 Å². The third kappa shape index (κ3) is 4.31. The highest BCUT2D eigenvalue weighted by molar-refractivity contribution is 7.89. The van der Waals surface area contributed by atoms with Gasteiger partial charge < -0.3 is 0 Å². The van der Waals surface area contributed by atoms with Crippen LogP contribution in [-0.4, -0.2) is 14.2 Å². The molecule has 0 amide bonds. The van der Waals surface area contributed by atoms with Crippen molar-refractivity contribution in [1.29, 1.82) is 0 Å². The number of rotatable bonds is 6. The van der Waals surface area contributed by atoms with Gasteiger partial charge >= 0.3 is 0 Å². The van der Waals surface area contributed by atoms with Crippen molar-refractivity contribution < 1.29 is 13.2 Å². The molecular formula is C16H11Cl2NO3S3. The minimum absolute atomic E-state index is 0.0623. The highest BCUT2D eigenvalue weighted by Crippen LogP contribution is 2.26. The van der Waals surface area contributed by atoms with Crippen LogP contribution in [-0.2, 0) is 16.6 Å². The van der Waals surface area contributed by atoms with Gasteiger partial charge in [-0.2, -0.15) is 11.3 Å². The maximum absolute atomic E-state index is 12.4. The number of carbonyl (C=O) groups excluding carboxylic acids is 1. The van der Waals surface area contributed by atoms with Crippen molar-refractivity contribution >= 4 is 61.7 Å². The van der Waals surface area contributed by atoms with Crippen LogP contribution in [0.2, 0.25) is 10.0 Å². The Bertz CT molecular complexity index is 1010. The van der Waals surface area contributed by atoms with E-state index >= 15 is 0 Å². The Kier molecular flexibility index (Phi) is 5.62. The molecule has 2 aromatic heterocycles. The minimum Gasteiger partial charge on any atom is -0.288 e. The third-order valence-electron chi connectivity index (χ3n) is 3.29. The third-order valence-corrected chi connectivity index (χ3v) is 7.17. The van der Waals surface area contributed by atoms with E-state index < -0.39 is 10.0 Å². The molecule has 1 aromatic carbocycles. The van der Waals surface area contributed by atoms with Gasteiger partial charge in [-0.1, -0.05) is 23.2 Å². The van der Waals surface area contributed by atoms with Gasteiger partial charge in [-0.3, -0.25) is 4.79 Å². The van der Waals surface area contributed by atoms with Crippen LogP contribution < -0.4 is 4.72 Å². The minimum atomic E-state index is -3.81. The summed E-state index contributed by atoms with van der Waals surface area (Å²) in [6.07, 6.45) is 0. The number of nitrogens with one attached hydrogen (secondary N) is 1. The van der Waals surface area contributed by atoms with E-state index in [-0.39, 0.29) is 27.3 Å². The molecule has 0 aliphatic rings. The van der Waals surface area contributed by atoms with E-state index in [2.05, 4.69) is 4.72 Å². The number of hydrogen-bond donors (Lipinski definition) is 1. The van der Waals surface area contributed by atoms with E-state index in [0.29, 0.717) is 10.4 Å². The van der Waals surface area contributed by atoms with Crippen molar-refractivity contribution in [1.82, 2.24) is 4.72 Å². The smallest absolute Gasteiger partial charge is 0.242 e. The molecule has 1 N–H and O–H groups in total. The van der Waals surface area contributed by atoms with Crippen LogP contribution in [0.15, 0.2) is 52.1 Å². The zero-order chi connectivity index (χ0) is 18.0. The second-order valence-electron chi connectivity index (χ2n) is 5.01. The van der Waals surface area contributed by atoms with Crippen LogP contribution in [0.3, 0.4) is 0 Å². The van der Waals surface area contributed by atoms with Gasteiger partial charge in [0.2, 0.25) is 15.8 Å². The normalized spacial score (nSPS) is 11.6. The molecule has 0 unspecified atom stereocenters. The summed E-state index contributed by atoms with van der Waals surface area (Å²) in [4.78, 5) is 13.5. The molecule has 0 spiro atoms. The molecule has 3 aromatic rings. The highest BCUT2D eigenvalue weighted by atomic mass is 35.5. The standard InChI is InChI=1S/C16H11Cl2NO3S3/c17-11-1-3-13(18)15(7-11)25(21,22)19-8-12-2-4-14(24-12)16(20)10-5-6-23-9-10/h1-7,9,19H,8H2. The van der Waals surface area contributed by atoms with E-state index in [1.165, 1.54) is 40.9 Å². The molecule has 0 aliphatic heterocycles. The van der Waals surface area contributed by atoms with Crippen molar-refractivity contribution in [3.63, 3.8) is 0 Å². The number of benzene rings is 1. The topological polar surface area (TPSA) is 63.2 Å². The van der Waals surface area contributed by atoms with Crippen molar-refractivity contribution in [2.24, 2.45) is 0 Å². The van der Waals surface area contributed by atoms with Gasteiger partial charge in [0, 0.05) is 27.4 Å². The van der Waals surface area contributed by atoms with Gasteiger partial charge in [0.15, 0.2) is 0 Å². The molecule has 0 fully saturated rings. The number of ketones is 1. The van der Waals surface area contributed by atoms with Gasteiger partial charge in [0.05, 0.1) is 9.90 Å². The van der Waals surface area contributed by atoms with Gasteiger partial charge in [0.25, 0.3) is 0 Å². The summed E-state index contributed by atoms with van der Waals surface area (Å²) in [5, 5.41) is 4.00. The van der Waals surface area contributed by atoms with Crippen molar-refractivity contribution in [3.8, 4) is 0 Å². The Balaban J connectivity index is 1.74. The molecule has 0 aliphatic carbocycles. The predicted molar refractivity (Wildman–Crippen MR) is 103 cm³/mol. The second-order valence-corrected chi connectivity index (χ2v) is 9.53. The van der Waals surface area contributed by atoms with Crippen LogP contribution in [0.5, 0.6) is 0 Å². The highest BCUT2D eigenvalue weighted by Gasteiger charge is 2.19. The lowest BCUT2D eigenvalue weighted by molar-refractivity contribution is 0.104. The quantitative estimate of drug-likeness (QED) is 0.568. The summed E-state index contributed by atoms with van der Waals surface area (Å²) < 4.78 is 27.3. The second kappa shape index (κ2) is 7.57. The Labute approximate surface area is 163 Å². The summed E-state index contributed by atoms with van der Waals surface area (Å²) in [7, 11) is -3.81. The molecule has 9 heteroatoms. The number of carbonyl (C=O) groups is 1. The van der Waals surface area contributed by atoms with E-state index in [9.17, 15) is 13.2 Å². The zero-order valence-corrected chi connectivity index (χ0v) is 16.5. The maximum Gasteiger partial charge on any atom is 0.242 e. The maximum atomic E-state index is 12.4. The van der Waals surface area contributed by atoms with Crippen LogP contribution in [0.25, 0.3) is 0 Å². The molecule has 0 saturated heterocycles. The lowest BCUT2D eigenvalue weighted by atomic mass is 10.2. The molecule has 3 rings (SSSR count). The SMILES string of the molecule is O=C(c1ccsc1)c1ccc(CNS(=O)(=O)c2cc(Cl)ccc2Cl)s1. The summed E-state index contributed by atoms with van der Waals surface area (Å²) in [6.45, 7) is 0.0623. The fourth-order valence-electron chi connectivity index (χ4n) is 2.06. The fraction of sp³-hybridized carbons (Fsp3) is 0.0625. The van der Waals surface area contributed by atoms with Gasteiger partial charge in [-0.05, 0) is 41.8 Å². The van der Waals surface area contributed by atoms with Crippen LogP contribution in [0.1, 0.15) is 20.1 Å². The fourth-order valence-corrected chi connectivity index (χ4v) is 5.46. The lowest BCUT2D eigenvalue weighted by Crippen LogP contribution is -2.23. The largest absolute Gasteiger partial charge is 0.288 e. The van der Waals surface area contributed by atoms with Crippen molar-refractivity contribution in [2.45, 2.75) is 11.4 Å². The number of halogens is 2. The Morgan fingerprint density at radius 1 is 1.12 bits per heavy atom. The van der Waals surface area contributed by atoms with E-state index in [1.54, 1.807) is 23.6 Å². The molecule has 2 heterocycles. The average Bonchev–Trinajstić information content (AvgIpc) is 3.26. The van der Waals surface area contributed by atoms with Crippen molar-refractivity contribution in [3.05, 3.63) is 72.5 Å². The molecule has 4 nitrogen and oxygen atoms in total. The molecular weight excluding hydrogens is 421 g/mol. The Hall–Kier alpha value is -1.22. The first-order chi connectivity index (χ1) is 11.9. The van der Waals surface area contributed by atoms with Crippen molar-refractivity contribution in [2.75, 3.05) is 0 Å². The monoisotopic (exact) mass is 431 g/mol. The summed E-state index contributed by atoms with van der Waals surface area (Å²) in [6, 6.07) is 9.43. The van der Waals surface area contributed by atoms with E-state index in [4.69, 9.17) is 23.2 Å². The summed E-state index contributed by atoms with van der Waals surface area (Å²) >= 11 is 14.5.